The van der Waals surface area contributed by atoms with E-state index in [1.165, 1.54) is 0 Å². The van der Waals surface area contributed by atoms with E-state index in [1.54, 1.807) is 0 Å². The van der Waals surface area contributed by atoms with Crippen molar-refractivity contribution < 1.29 is 22.8 Å². The van der Waals surface area contributed by atoms with Crippen LogP contribution in [0.4, 0.5) is 0 Å². The second kappa shape index (κ2) is 14.5. The number of benzene rings is 1. The number of hydrogen-bond acceptors (Lipinski definition) is 5. The van der Waals surface area contributed by atoms with Crippen molar-refractivity contribution in [3.8, 4) is 0 Å². The van der Waals surface area contributed by atoms with E-state index >= 15 is 0 Å². The number of unbranched alkanes of at least 4 members (excludes halogenated alkanes) is 3. The van der Waals surface area contributed by atoms with Crippen LogP contribution in [0.5, 0.6) is 0 Å². The Kier molecular flexibility index (Phi) is 12.7. The van der Waals surface area contributed by atoms with Gasteiger partial charge in [0.1, 0.15) is 11.8 Å². The van der Waals surface area contributed by atoms with Gasteiger partial charge in [0.05, 0.1) is 0 Å². The van der Waals surface area contributed by atoms with Gasteiger partial charge in [-0.2, -0.15) is 0 Å². The van der Waals surface area contributed by atoms with Gasteiger partial charge in [0.2, 0.25) is 0 Å². The standard InChI is InChI=1S/C22H36O5Si/c1-5-8-16-25-28(26-17-9-6-2,27-18-10-7-3)20(4)22(23)24-19-21-14-12-11-13-15-21/h11-15H,4-10,16-19H2,1-3H3. The maximum atomic E-state index is 12.7. The topological polar surface area (TPSA) is 54.0 Å². The summed E-state index contributed by atoms with van der Waals surface area (Å²) in [4.78, 5) is 12.7. The monoisotopic (exact) mass is 408 g/mol. The fourth-order valence-electron chi connectivity index (χ4n) is 2.37. The van der Waals surface area contributed by atoms with Gasteiger partial charge < -0.3 is 18.0 Å². The van der Waals surface area contributed by atoms with Gasteiger partial charge >= 0.3 is 14.8 Å². The van der Waals surface area contributed by atoms with Gasteiger partial charge in [0, 0.05) is 19.8 Å². The lowest BCUT2D eigenvalue weighted by atomic mass is 10.2. The zero-order valence-corrected chi connectivity index (χ0v) is 18.7. The van der Waals surface area contributed by atoms with Crippen molar-refractivity contribution in [2.24, 2.45) is 0 Å². The highest BCUT2D eigenvalue weighted by Crippen LogP contribution is 2.23. The average molecular weight is 409 g/mol. The third kappa shape index (κ3) is 8.69. The SMILES string of the molecule is C=C(C(=O)OCc1ccccc1)[Si](OCCCC)(OCCCC)OCCCC. The Bertz CT molecular complexity index is 535. The highest BCUT2D eigenvalue weighted by molar-refractivity contribution is 6.73. The van der Waals surface area contributed by atoms with Crippen molar-refractivity contribution in [3.05, 3.63) is 47.7 Å². The summed E-state index contributed by atoms with van der Waals surface area (Å²) >= 11 is 0. The summed E-state index contributed by atoms with van der Waals surface area (Å²) in [5, 5.41) is 0.187. The van der Waals surface area contributed by atoms with Crippen molar-refractivity contribution in [1.29, 1.82) is 0 Å². The molecule has 0 aliphatic carbocycles. The number of carbonyl (C=O) groups is 1. The highest BCUT2D eigenvalue weighted by atomic mass is 28.4. The van der Waals surface area contributed by atoms with Crippen LogP contribution in [0.15, 0.2) is 42.1 Å². The molecule has 0 atom stereocenters. The molecule has 0 spiro atoms. The minimum Gasteiger partial charge on any atom is -0.458 e. The molecule has 0 bridgehead atoms. The fraction of sp³-hybridized carbons (Fsp3) is 0.591. The number of rotatable bonds is 16. The molecular formula is C22H36O5Si. The zero-order chi connectivity index (χ0) is 20.7. The van der Waals surface area contributed by atoms with E-state index in [1.807, 2.05) is 30.3 Å². The summed E-state index contributed by atoms with van der Waals surface area (Å²) < 4.78 is 23.7. The van der Waals surface area contributed by atoms with Crippen LogP contribution < -0.4 is 0 Å². The Morgan fingerprint density at radius 1 is 0.857 bits per heavy atom. The summed E-state index contributed by atoms with van der Waals surface area (Å²) in [7, 11) is -3.38. The van der Waals surface area contributed by atoms with E-state index in [-0.39, 0.29) is 11.8 Å². The van der Waals surface area contributed by atoms with E-state index in [9.17, 15) is 4.79 Å². The van der Waals surface area contributed by atoms with Crippen molar-refractivity contribution >= 4 is 14.8 Å². The zero-order valence-electron chi connectivity index (χ0n) is 17.7. The summed E-state index contributed by atoms with van der Waals surface area (Å²) in [6.07, 6.45) is 5.57. The van der Waals surface area contributed by atoms with Gasteiger partial charge in [0.25, 0.3) is 0 Å². The van der Waals surface area contributed by atoms with Crippen LogP contribution in [0.3, 0.4) is 0 Å². The van der Waals surface area contributed by atoms with Crippen molar-refractivity contribution in [1.82, 2.24) is 0 Å². The second-order valence-corrected chi connectivity index (χ2v) is 9.28. The molecule has 0 unspecified atom stereocenters. The molecule has 0 saturated carbocycles. The molecule has 0 heterocycles. The molecule has 158 valence electrons. The normalized spacial score (nSPS) is 11.4. The number of ether oxygens (including phenoxy) is 1. The first-order chi connectivity index (χ1) is 13.6. The van der Waals surface area contributed by atoms with Gasteiger partial charge in [-0.25, -0.2) is 4.79 Å². The van der Waals surface area contributed by atoms with Crippen LogP contribution in [-0.4, -0.2) is 34.6 Å². The first-order valence-electron chi connectivity index (χ1n) is 10.4. The van der Waals surface area contributed by atoms with E-state index in [0.29, 0.717) is 19.8 Å². The van der Waals surface area contributed by atoms with Gasteiger partial charge in [-0.3, -0.25) is 0 Å². The molecule has 1 aromatic carbocycles. The average Bonchev–Trinajstić information content (AvgIpc) is 2.72. The molecule has 0 radical (unpaired) electrons. The van der Waals surface area contributed by atoms with Crippen molar-refractivity contribution in [3.63, 3.8) is 0 Å². The molecule has 0 saturated heterocycles. The van der Waals surface area contributed by atoms with Crippen LogP contribution in [0.25, 0.3) is 0 Å². The predicted molar refractivity (Wildman–Crippen MR) is 114 cm³/mol. The molecule has 1 rings (SSSR count). The number of esters is 1. The molecule has 6 heteroatoms. The first kappa shape index (κ1) is 24.6. The van der Waals surface area contributed by atoms with E-state index in [2.05, 4.69) is 27.4 Å². The molecule has 0 fully saturated rings. The number of carbonyl (C=O) groups excluding carboxylic acids is 1. The molecule has 0 aliphatic rings. The van der Waals surface area contributed by atoms with Gasteiger partial charge in [-0.05, 0) is 24.8 Å². The molecular weight excluding hydrogens is 372 g/mol. The van der Waals surface area contributed by atoms with Crippen molar-refractivity contribution in [2.75, 3.05) is 19.8 Å². The van der Waals surface area contributed by atoms with Gasteiger partial charge in [0.15, 0.2) is 0 Å². The third-order valence-corrected chi connectivity index (χ3v) is 6.89. The van der Waals surface area contributed by atoms with E-state index in [4.69, 9.17) is 18.0 Å². The van der Waals surface area contributed by atoms with Crippen LogP contribution in [0.1, 0.15) is 64.9 Å². The van der Waals surface area contributed by atoms with E-state index in [0.717, 1.165) is 44.1 Å². The molecule has 1 aromatic rings. The Morgan fingerprint density at radius 2 is 1.32 bits per heavy atom. The predicted octanol–water partition coefficient (Wildman–Crippen LogP) is 5.21. The second-order valence-electron chi connectivity index (χ2n) is 6.70. The van der Waals surface area contributed by atoms with Crippen LogP contribution in [0, 0.1) is 0 Å². The maximum Gasteiger partial charge on any atom is 0.544 e. The quantitative estimate of drug-likeness (QED) is 0.163. The van der Waals surface area contributed by atoms with Crippen LogP contribution >= 0.6 is 0 Å². The molecule has 28 heavy (non-hydrogen) atoms. The Morgan fingerprint density at radius 3 is 1.75 bits per heavy atom. The fourth-order valence-corrected chi connectivity index (χ4v) is 4.71. The lowest BCUT2D eigenvalue weighted by Crippen LogP contribution is -2.51. The highest BCUT2D eigenvalue weighted by Gasteiger charge is 2.49. The molecule has 0 aliphatic heterocycles. The summed E-state index contributed by atoms with van der Waals surface area (Å²) in [6.45, 7) is 11.9. The van der Waals surface area contributed by atoms with E-state index < -0.39 is 14.8 Å². The molecule has 0 aromatic heterocycles. The summed E-state index contributed by atoms with van der Waals surface area (Å²) in [6, 6.07) is 9.56. The minimum absolute atomic E-state index is 0.183. The summed E-state index contributed by atoms with van der Waals surface area (Å²) in [5.41, 5.74) is 0.918. The molecule has 0 N–H and O–H groups in total. The largest absolute Gasteiger partial charge is 0.544 e. The van der Waals surface area contributed by atoms with Gasteiger partial charge in [-0.15, -0.1) is 0 Å². The van der Waals surface area contributed by atoms with Gasteiger partial charge in [-0.1, -0.05) is 76.9 Å². The Hall–Kier alpha value is -1.47. The first-order valence-corrected chi connectivity index (χ1v) is 12.1. The Balaban J connectivity index is 2.88. The summed E-state index contributed by atoms with van der Waals surface area (Å²) in [5.74, 6) is -0.514. The lowest BCUT2D eigenvalue weighted by molar-refractivity contribution is -0.140. The molecule has 5 nitrogen and oxygen atoms in total. The Labute approximate surface area is 171 Å². The molecule has 0 amide bonds. The van der Waals surface area contributed by atoms with Crippen LogP contribution in [0.2, 0.25) is 0 Å². The smallest absolute Gasteiger partial charge is 0.458 e. The lowest BCUT2D eigenvalue weighted by Gasteiger charge is -2.30. The van der Waals surface area contributed by atoms with Crippen molar-refractivity contribution in [2.45, 2.75) is 65.9 Å². The number of hydrogen-bond donors (Lipinski definition) is 0. The van der Waals surface area contributed by atoms with Crippen LogP contribution in [-0.2, 0) is 29.4 Å². The maximum absolute atomic E-state index is 12.7. The minimum atomic E-state index is -3.38. The third-order valence-electron chi connectivity index (χ3n) is 4.20.